The average molecular weight is 682 g/mol. The second kappa shape index (κ2) is 24.3. The van der Waals surface area contributed by atoms with Crippen molar-refractivity contribution in [2.75, 3.05) is 13.1 Å². The quantitative estimate of drug-likeness (QED) is 0.0506. The van der Waals surface area contributed by atoms with Crippen LogP contribution in [0.15, 0.2) is 48.6 Å². The first-order valence-corrected chi connectivity index (χ1v) is 21.6. The van der Waals surface area contributed by atoms with Crippen molar-refractivity contribution in [1.29, 1.82) is 0 Å². The molecule has 2 N–H and O–H groups in total. The summed E-state index contributed by atoms with van der Waals surface area (Å²) in [6, 6.07) is 0. The van der Waals surface area contributed by atoms with E-state index < -0.39 is 43.0 Å². The molecule has 0 heterocycles. The van der Waals surface area contributed by atoms with Gasteiger partial charge in [0.1, 0.15) is 0 Å². The van der Waals surface area contributed by atoms with E-state index in [2.05, 4.69) is 37.6 Å². The molecule has 0 fully saturated rings. The van der Waals surface area contributed by atoms with Crippen molar-refractivity contribution in [2.24, 2.45) is 0 Å². The van der Waals surface area contributed by atoms with Crippen molar-refractivity contribution in [3.63, 3.8) is 0 Å². The van der Waals surface area contributed by atoms with Crippen LogP contribution in [0, 0.1) is 0 Å². The fourth-order valence-electron chi connectivity index (χ4n) is 4.02. The Hall–Kier alpha value is -2.36. The van der Waals surface area contributed by atoms with Crippen LogP contribution in [0.4, 0.5) is 0 Å². The van der Waals surface area contributed by atoms with Crippen molar-refractivity contribution in [3.05, 3.63) is 48.6 Å². The van der Waals surface area contributed by atoms with Gasteiger partial charge in [0.2, 0.25) is 0 Å². The van der Waals surface area contributed by atoms with E-state index in [4.69, 9.17) is 6.15 Å². The van der Waals surface area contributed by atoms with E-state index in [9.17, 15) is 19.2 Å². The normalized spacial score (nSPS) is 11.4. The third kappa shape index (κ3) is 23.0. The minimum atomic E-state index is -4.33. The number of carbonyl (C=O) groups is 4. The van der Waals surface area contributed by atoms with E-state index in [1.807, 2.05) is 0 Å². The Labute approximate surface area is 253 Å². The summed E-state index contributed by atoms with van der Waals surface area (Å²) in [6.45, 7) is 16.0. The van der Waals surface area contributed by atoms with E-state index in [0.29, 0.717) is 22.0 Å². The fourth-order valence-corrected chi connectivity index (χ4v) is 13.0. The van der Waals surface area contributed by atoms with Crippen LogP contribution in [-0.4, -0.2) is 56.0 Å². The van der Waals surface area contributed by atoms with Gasteiger partial charge in [0.25, 0.3) is 0 Å². The summed E-state index contributed by atoms with van der Waals surface area (Å²) >= 11 is -4.33. The molecule has 0 aromatic heterocycles. The van der Waals surface area contributed by atoms with Gasteiger partial charge >= 0.3 is 254 Å². The fraction of sp³-hybridized carbons (Fsp3) is 0.625. The van der Waals surface area contributed by atoms with Gasteiger partial charge in [-0.05, 0) is 0 Å². The third-order valence-electron chi connectivity index (χ3n) is 6.27. The first-order chi connectivity index (χ1) is 19.5. The zero-order valence-corrected chi connectivity index (χ0v) is 28.8. The second-order valence-electron chi connectivity index (χ2n) is 10.8. The number of nitrogens with one attached hydrogen (secondary N) is 2. The Bertz CT molecular complexity index is 825. The number of rotatable bonds is 24. The van der Waals surface area contributed by atoms with Crippen molar-refractivity contribution in [1.82, 2.24) is 10.6 Å². The molecule has 0 aromatic rings. The van der Waals surface area contributed by atoms with Crippen LogP contribution in [-0.2, 0) is 25.3 Å². The predicted octanol–water partition coefficient (Wildman–Crippen LogP) is 6.73. The van der Waals surface area contributed by atoms with E-state index in [1.54, 1.807) is 13.8 Å². The molecule has 0 saturated carbocycles. The van der Waals surface area contributed by atoms with E-state index in [1.165, 1.54) is 12.8 Å². The summed E-state index contributed by atoms with van der Waals surface area (Å²) in [7, 11) is 0. The molecular weight excluding hydrogens is 627 g/mol. The third-order valence-corrected chi connectivity index (χ3v) is 15.9. The Kier molecular flexibility index (Phi) is 22.9. The second-order valence-corrected chi connectivity index (χ2v) is 20.0. The first-order valence-electron chi connectivity index (χ1n) is 15.2. The molecule has 0 aromatic carbocycles. The Morgan fingerprint density at radius 2 is 0.927 bits per heavy atom. The molecular formula is C32H54N2O6Sn. The molecule has 0 aliphatic carbocycles. The number of unbranched alkanes of at least 4 members (excludes halogenated alkanes) is 10. The van der Waals surface area contributed by atoms with Crippen molar-refractivity contribution in [3.8, 4) is 0 Å². The molecule has 0 spiro atoms. The summed E-state index contributed by atoms with van der Waals surface area (Å²) in [5, 5.41) is 5.28. The maximum absolute atomic E-state index is 12.9. The average Bonchev–Trinajstić information content (AvgIpc) is 2.92. The van der Waals surface area contributed by atoms with Gasteiger partial charge in [-0.1, -0.05) is 0 Å². The van der Waals surface area contributed by atoms with Gasteiger partial charge in [0, 0.05) is 0 Å². The molecule has 9 heteroatoms. The van der Waals surface area contributed by atoms with E-state index in [-0.39, 0.29) is 0 Å². The molecule has 0 aliphatic heterocycles. The van der Waals surface area contributed by atoms with E-state index in [0.717, 1.165) is 99.7 Å². The van der Waals surface area contributed by atoms with Gasteiger partial charge in [0.15, 0.2) is 0 Å². The number of hydrogen-bond donors (Lipinski definition) is 2. The topological polar surface area (TPSA) is 111 Å². The molecule has 232 valence electrons. The van der Waals surface area contributed by atoms with Crippen LogP contribution in [0.2, 0.25) is 8.87 Å². The Morgan fingerprint density at radius 1 is 0.585 bits per heavy atom. The van der Waals surface area contributed by atoms with Gasteiger partial charge < -0.3 is 0 Å². The van der Waals surface area contributed by atoms with Crippen molar-refractivity contribution in [2.45, 2.75) is 114 Å². The molecule has 0 unspecified atom stereocenters. The van der Waals surface area contributed by atoms with Crippen molar-refractivity contribution < 1.29 is 25.3 Å². The molecule has 0 rings (SSSR count). The Balaban J connectivity index is 5.72. The van der Waals surface area contributed by atoms with Crippen LogP contribution >= 0.6 is 0 Å². The van der Waals surface area contributed by atoms with Crippen molar-refractivity contribution >= 4 is 43.0 Å². The monoisotopic (exact) mass is 682 g/mol. The predicted molar refractivity (Wildman–Crippen MR) is 168 cm³/mol. The van der Waals surface area contributed by atoms with Gasteiger partial charge in [-0.3, -0.25) is 0 Å². The first kappa shape index (κ1) is 38.6. The molecule has 41 heavy (non-hydrogen) atoms. The molecule has 2 amide bonds. The van der Waals surface area contributed by atoms with Crippen LogP contribution in [0.1, 0.15) is 105 Å². The maximum atomic E-state index is 12.9. The zero-order valence-electron chi connectivity index (χ0n) is 26.0. The number of hydrogen-bond acceptors (Lipinski definition) is 6. The molecule has 0 aliphatic rings. The summed E-state index contributed by atoms with van der Waals surface area (Å²) < 4.78 is 13.1. The number of carbonyl (C=O) groups excluding carboxylic acids is 4. The summed E-state index contributed by atoms with van der Waals surface area (Å²) in [5.41, 5.74) is 1.58. The van der Waals surface area contributed by atoms with Gasteiger partial charge in [-0.15, -0.1) is 0 Å². The van der Waals surface area contributed by atoms with Gasteiger partial charge in [-0.2, -0.15) is 0 Å². The van der Waals surface area contributed by atoms with Gasteiger partial charge in [0.05, 0.1) is 0 Å². The van der Waals surface area contributed by atoms with Crippen LogP contribution in [0.25, 0.3) is 0 Å². The van der Waals surface area contributed by atoms with Crippen LogP contribution in [0.3, 0.4) is 0 Å². The van der Waals surface area contributed by atoms with Crippen LogP contribution in [0.5, 0.6) is 0 Å². The van der Waals surface area contributed by atoms with Crippen LogP contribution < -0.4 is 10.6 Å². The molecule has 0 saturated heterocycles. The molecule has 0 bridgehead atoms. The molecule has 8 nitrogen and oxygen atoms in total. The summed E-state index contributed by atoms with van der Waals surface area (Å²) in [5.74, 6) is -2.23. The molecule has 0 atom stereocenters. The summed E-state index contributed by atoms with van der Waals surface area (Å²) in [6.07, 6.45) is 17.0. The summed E-state index contributed by atoms with van der Waals surface area (Å²) in [4.78, 5) is 50.0. The molecule has 0 radical (unpaired) electrons. The van der Waals surface area contributed by atoms with E-state index >= 15 is 0 Å². The number of amides is 2. The minimum absolute atomic E-state index is 0.307. The standard InChI is InChI=1S/2C8H11NO3.2C8H17.Sn/c2*1-6(2)5-9-7(10)3-4-8(11)12;2*1-3-5-7-8-6-4-2;/h2*3-4H,1,5H2,2H3,(H,9,10)(H,11,12);2*1,3-8H2,2H3;/q;;;;+2/p-2/b2*4-3-;;;. The van der Waals surface area contributed by atoms with Gasteiger partial charge in [-0.25, -0.2) is 0 Å². The Morgan fingerprint density at radius 3 is 1.27 bits per heavy atom. The SMILES string of the molecule is C=C(C)CNC(=O)/C=C\C(=O)[O][Sn]([CH2]CCCCCCC)([CH2]CCCCCCC)[O]C(=O)/C=C\C(=O)NCC(=C)C. The zero-order chi connectivity index (χ0) is 30.9.